The highest BCUT2D eigenvalue weighted by molar-refractivity contribution is 5.51. The van der Waals surface area contributed by atoms with Crippen LogP contribution in [0, 0.1) is 5.82 Å². The van der Waals surface area contributed by atoms with Crippen molar-refractivity contribution in [3.63, 3.8) is 0 Å². The van der Waals surface area contributed by atoms with Crippen LogP contribution in [0.15, 0.2) is 47.2 Å². The van der Waals surface area contributed by atoms with Gasteiger partial charge in [-0.05, 0) is 41.6 Å². The molecular weight excluding hydrogens is 313 g/mol. The molecule has 0 aliphatic heterocycles. The zero-order valence-electron chi connectivity index (χ0n) is 12.6. The lowest BCUT2D eigenvalue weighted by molar-refractivity contribution is 0.0931. The topological polar surface area (TPSA) is 81.3 Å². The molecule has 1 fully saturated rings. The molecular formula is C17H14FN3O3. The number of rotatable bonds is 4. The molecule has 122 valence electrons. The number of halogens is 1. The van der Waals surface area contributed by atoms with E-state index in [-0.39, 0.29) is 17.8 Å². The minimum absolute atomic E-state index is 0.0783. The van der Waals surface area contributed by atoms with E-state index in [0.29, 0.717) is 23.3 Å². The van der Waals surface area contributed by atoms with Crippen molar-refractivity contribution in [1.82, 2.24) is 15.1 Å². The molecule has 6 nitrogen and oxygen atoms in total. The van der Waals surface area contributed by atoms with E-state index in [1.165, 1.54) is 30.6 Å². The molecule has 7 heteroatoms. The fraction of sp³-hybridized carbons (Fsp3) is 0.235. The number of benzene rings is 1. The largest absolute Gasteiger partial charge is 0.491 e. The molecule has 24 heavy (non-hydrogen) atoms. The van der Waals surface area contributed by atoms with Crippen molar-refractivity contribution in [2.24, 2.45) is 0 Å². The van der Waals surface area contributed by atoms with Gasteiger partial charge in [0.2, 0.25) is 5.88 Å². The van der Waals surface area contributed by atoms with Crippen LogP contribution in [0.3, 0.4) is 0 Å². The number of hydrogen-bond donors (Lipinski definition) is 1. The monoisotopic (exact) mass is 327 g/mol. The second-order valence-corrected chi connectivity index (χ2v) is 5.75. The van der Waals surface area contributed by atoms with Gasteiger partial charge in [0.15, 0.2) is 5.76 Å². The summed E-state index contributed by atoms with van der Waals surface area (Å²) in [5.41, 5.74) is 1.59. The molecule has 0 atom stereocenters. The number of aromatic hydroxyl groups is 1. The van der Waals surface area contributed by atoms with Crippen LogP contribution < -0.4 is 4.74 Å². The Morgan fingerprint density at radius 2 is 1.92 bits per heavy atom. The fourth-order valence-corrected chi connectivity index (χ4v) is 2.73. The molecule has 1 saturated carbocycles. The highest BCUT2D eigenvalue weighted by atomic mass is 19.1. The number of hydrogen-bond acceptors (Lipinski definition) is 6. The summed E-state index contributed by atoms with van der Waals surface area (Å²) in [7, 11) is 0. The standard InChI is InChI=1S/C17H14FN3O3/c18-12-3-1-10(2-4-12)11-5-13(6-11)23-17-9-19-14(8-20-17)15-7-16(22)21-24-15/h1-4,7-9,11,13H,5-6H2,(H,21,22)/t11-,13+. The maximum absolute atomic E-state index is 12.9. The van der Waals surface area contributed by atoms with E-state index in [0.717, 1.165) is 18.4 Å². The third kappa shape index (κ3) is 2.92. The third-order valence-electron chi connectivity index (χ3n) is 4.10. The Morgan fingerprint density at radius 1 is 1.12 bits per heavy atom. The first-order valence-corrected chi connectivity index (χ1v) is 7.57. The molecule has 0 radical (unpaired) electrons. The van der Waals surface area contributed by atoms with Crippen LogP contribution in [0.1, 0.15) is 24.3 Å². The fourth-order valence-electron chi connectivity index (χ4n) is 2.73. The Labute approximate surface area is 136 Å². The first-order chi connectivity index (χ1) is 11.7. The lowest BCUT2D eigenvalue weighted by atomic mass is 9.77. The first kappa shape index (κ1) is 14.6. The van der Waals surface area contributed by atoms with Gasteiger partial charge < -0.3 is 14.4 Å². The number of nitrogens with zero attached hydrogens (tertiary/aromatic N) is 3. The van der Waals surface area contributed by atoms with Crippen LogP contribution in [-0.4, -0.2) is 26.3 Å². The van der Waals surface area contributed by atoms with Crippen LogP contribution in [0.2, 0.25) is 0 Å². The van der Waals surface area contributed by atoms with E-state index >= 15 is 0 Å². The lowest BCUT2D eigenvalue weighted by Crippen LogP contribution is -2.32. The van der Waals surface area contributed by atoms with Crippen LogP contribution >= 0.6 is 0 Å². The molecule has 1 aromatic carbocycles. The minimum atomic E-state index is -0.221. The van der Waals surface area contributed by atoms with Crippen LogP contribution in [0.25, 0.3) is 11.5 Å². The lowest BCUT2D eigenvalue weighted by Gasteiger charge is -2.35. The number of ether oxygens (including phenoxy) is 1. The summed E-state index contributed by atoms with van der Waals surface area (Å²) in [6.45, 7) is 0. The van der Waals surface area contributed by atoms with E-state index in [1.807, 2.05) is 12.1 Å². The smallest absolute Gasteiger partial charge is 0.252 e. The molecule has 0 saturated heterocycles. The molecule has 4 rings (SSSR count). The second kappa shape index (κ2) is 5.92. The predicted molar refractivity (Wildman–Crippen MR) is 82.0 cm³/mol. The Kier molecular flexibility index (Phi) is 3.60. The van der Waals surface area contributed by atoms with Gasteiger partial charge in [-0.1, -0.05) is 12.1 Å². The van der Waals surface area contributed by atoms with Crippen molar-refractivity contribution in [1.29, 1.82) is 0 Å². The maximum Gasteiger partial charge on any atom is 0.252 e. The van der Waals surface area contributed by atoms with E-state index in [2.05, 4.69) is 15.1 Å². The van der Waals surface area contributed by atoms with E-state index in [9.17, 15) is 4.39 Å². The van der Waals surface area contributed by atoms with E-state index in [1.54, 1.807) is 0 Å². The average Bonchev–Trinajstić information content (AvgIpc) is 2.99. The van der Waals surface area contributed by atoms with Gasteiger partial charge in [-0.15, -0.1) is 0 Å². The summed E-state index contributed by atoms with van der Waals surface area (Å²) in [4.78, 5) is 8.38. The van der Waals surface area contributed by atoms with Crippen LogP contribution in [-0.2, 0) is 0 Å². The Hall–Kier alpha value is -2.96. The third-order valence-corrected chi connectivity index (χ3v) is 4.10. The molecule has 0 unspecified atom stereocenters. The van der Waals surface area contributed by atoms with Crippen molar-refractivity contribution < 1.29 is 18.8 Å². The van der Waals surface area contributed by atoms with Crippen molar-refractivity contribution in [2.75, 3.05) is 0 Å². The molecule has 1 N–H and O–H groups in total. The molecule has 0 amide bonds. The summed E-state index contributed by atoms with van der Waals surface area (Å²) >= 11 is 0. The van der Waals surface area contributed by atoms with Gasteiger partial charge in [0.25, 0.3) is 5.88 Å². The van der Waals surface area contributed by atoms with E-state index in [4.69, 9.17) is 14.4 Å². The summed E-state index contributed by atoms with van der Waals surface area (Å²) in [5, 5.41) is 12.5. The summed E-state index contributed by atoms with van der Waals surface area (Å²) in [5.74, 6) is 0.742. The molecule has 3 aromatic rings. The molecule has 0 spiro atoms. The minimum Gasteiger partial charge on any atom is -0.491 e. The highest BCUT2D eigenvalue weighted by Crippen LogP contribution is 2.38. The Balaban J connectivity index is 1.34. The summed E-state index contributed by atoms with van der Waals surface area (Å²) in [6.07, 6.45) is 4.83. The molecule has 2 aromatic heterocycles. The highest BCUT2D eigenvalue weighted by Gasteiger charge is 2.32. The molecule has 2 heterocycles. The van der Waals surface area contributed by atoms with Gasteiger partial charge in [0, 0.05) is 0 Å². The van der Waals surface area contributed by atoms with Gasteiger partial charge in [0.05, 0.1) is 18.5 Å². The average molecular weight is 327 g/mol. The zero-order chi connectivity index (χ0) is 16.5. The predicted octanol–water partition coefficient (Wildman–Crippen LogP) is 3.30. The van der Waals surface area contributed by atoms with Crippen molar-refractivity contribution >= 4 is 0 Å². The van der Waals surface area contributed by atoms with E-state index < -0.39 is 0 Å². The SMILES string of the molecule is Oc1cc(-c2cnc(O[C@H]3C[C@@H](c4ccc(F)cc4)C3)cn2)on1. The molecule has 0 bridgehead atoms. The molecule has 1 aliphatic carbocycles. The molecule has 1 aliphatic rings. The van der Waals surface area contributed by atoms with Gasteiger partial charge in [-0.25, -0.2) is 14.4 Å². The quantitative estimate of drug-likeness (QED) is 0.792. The second-order valence-electron chi connectivity index (χ2n) is 5.75. The van der Waals surface area contributed by atoms with Gasteiger partial charge in [-0.2, -0.15) is 0 Å². The van der Waals surface area contributed by atoms with Gasteiger partial charge in [0.1, 0.15) is 17.6 Å². The van der Waals surface area contributed by atoms with Crippen LogP contribution in [0.4, 0.5) is 4.39 Å². The summed E-state index contributed by atoms with van der Waals surface area (Å²) < 4.78 is 23.6. The Bertz CT molecular complexity index is 827. The maximum atomic E-state index is 12.9. The van der Waals surface area contributed by atoms with Crippen molar-refractivity contribution in [3.05, 3.63) is 54.1 Å². The van der Waals surface area contributed by atoms with Gasteiger partial charge >= 0.3 is 0 Å². The van der Waals surface area contributed by atoms with Crippen molar-refractivity contribution in [2.45, 2.75) is 24.9 Å². The van der Waals surface area contributed by atoms with Gasteiger partial charge in [-0.3, -0.25) is 0 Å². The Morgan fingerprint density at radius 3 is 2.54 bits per heavy atom. The normalized spacial score (nSPS) is 19.7. The van der Waals surface area contributed by atoms with Crippen LogP contribution in [0.5, 0.6) is 11.8 Å². The zero-order valence-corrected chi connectivity index (χ0v) is 12.6. The number of aromatic nitrogens is 3. The first-order valence-electron chi connectivity index (χ1n) is 7.57. The summed E-state index contributed by atoms with van der Waals surface area (Å²) in [6, 6.07) is 7.96. The van der Waals surface area contributed by atoms with Crippen molar-refractivity contribution in [3.8, 4) is 23.2 Å².